The van der Waals surface area contributed by atoms with Crippen LogP contribution in [0.15, 0.2) is 41.4 Å². The standard InChI is InChI=1S/C20H26ClN3/c1-6-23(4)14-22-19-11-16(3)20(12-18(19)21)24(5)13-17-9-7-15(2)8-10-17/h7-12,14H,6,13H2,1-5H3. The molecule has 2 aromatic carbocycles. The number of benzene rings is 2. The van der Waals surface area contributed by atoms with E-state index in [9.17, 15) is 0 Å². The zero-order valence-corrected chi connectivity index (χ0v) is 15.9. The molecule has 0 aromatic heterocycles. The minimum Gasteiger partial charge on any atom is -0.370 e. The summed E-state index contributed by atoms with van der Waals surface area (Å²) in [5, 5.41) is 0.673. The number of aryl methyl sites for hydroxylation is 2. The number of anilines is 1. The summed E-state index contributed by atoms with van der Waals surface area (Å²) in [4.78, 5) is 8.72. The van der Waals surface area contributed by atoms with Gasteiger partial charge < -0.3 is 9.80 Å². The number of nitrogens with zero attached hydrogens (tertiary/aromatic N) is 3. The zero-order valence-electron chi connectivity index (χ0n) is 15.2. The second kappa shape index (κ2) is 8.20. The summed E-state index contributed by atoms with van der Waals surface area (Å²) >= 11 is 6.44. The third-order valence-corrected chi connectivity index (χ3v) is 4.41. The molecule has 2 rings (SSSR count). The van der Waals surface area contributed by atoms with Crippen molar-refractivity contribution >= 4 is 29.3 Å². The van der Waals surface area contributed by atoms with Crippen molar-refractivity contribution in [1.82, 2.24) is 4.90 Å². The van der Waals surface area contributed by atoms with Crippen LogP contribution in [-0.4, -0.2) is 31.9 Å². The zero-order chi connectivity index (χ0) is 17.7. The molecule has 128 valence electrons. The molecule has 0 spiro atoms. The molecule has 0 saturated heterocycles. The second-order valence-electron chi connectivity index (χ2n) is 6.25. The lowest BCUT2D eigenvalue weighted by molar-refractivity contribution is 0.552. The Kier molecular flexibility index (Phi) is 6.27. The molecule has 0 aliphatic rings. The third kappa shape index (κ3) is 4.75. The Hall–Kier alpha value is -2.00. The van der Waals surface area contributed by atoms with Crippen LogP contribution in [0.2, 0.25) is 5.02 Å². The van der Waals surface area contributed by atoms with E-state index < -0.39 is 0 Å². The van der Waals surface area contributed by atoms with Crippen molar-refractivity contribution < 1.29 is 0 Å². The minimum atomic E-state index is 0.673. The molecule has 3 nitrogen and oxygen atoms in total. The maximum Gasteiger partial charge on any atom is 0.0910 e. The molecule has 0 fully saturated rings. The average molecular weight is 344 g/mol. The predicted octanol–water partition coefficient (Wildman–Crippen LogP) is 5.20. The summed E-state index contributed by atoms with van der Waals surface area (Å²) < 4.78 is 0. The lowest BCUT2D eigenvalue weighted by Gasteiger charge is -2.22. The van der Waals surface area contributed by atoms with Gasteiger partial charge in [-0.1, -0.05) is 41.4 Å². The van der Waals surface area contributed by atoms with Crippen LogP contribution in [0.5, 0.6) is 0 Å². The Balaban J connectivity index is 2.19. The summed E-state index contributed by atoms with van der Waals surface area (Å²) in [5.74, 6) is 0. The monoisotopic (exact) mass is 343 g/mol. The van der Waals surface area contributed by atoms with Crippen LogP contribution in [0.1, 0.15) is 23.6 Å². The Morgan fingerprint density at radius 3 is 2.38 bits per heavy atom. The van der Waals surface area contributed by atoms with E-state index in [-0.39, 0.29) is 0 Å². The van der Waals surface area contributed by atoms with E-state index in [0.717, 1.165) is 24.5 Å². The minimum absolute atomic E-state index is 0.673. The molecule has 4 heteroatoms. The Bertz CT molecular complexity index is 708. The second-order valence-corrected chi connectivity index (χ2v) is 6.66. The number of aliphatic imine (C=N–C) groups is 1. The van der Waals surface area contributed by atoms with Gasteiger partial charge in [0.15, 0.2) is 0 Å². The lowest BCUT2D eigenvalue weighted by atomic mass is 10.1. The molecule has 0 N–H and O–H groups in total. The molecule has 0 heterocycles. The van der Waals surface area contributed by atoms with Crippen molar-refractivity contribution in [2.45, 2.75) is 27.3 Å². The van der Waals surface area contributed by atoms with Crippen molar-refractivity contribution in [3.05, 3.63) is 58.1 Å². The van der Waals surface area contributed by atoms with Crippen LogP contribution in [0.25, 0.3) is 0 Å². The first kappa shape index (κ1) is 18.3. The van der Waals surface area contributed by atoms with Crippen molar-refractivity contribution in [3.8, 4) is 0 Å². The fourth-order valence-electron chi connectivity index (χ4n) is 2.46. The molecule has 0 bridgehead atoms. The number of rotatable bonds is 6. The topological polar surface area (TPSA) is 18.8 Å². The van der Waals surface area contributed by atoms with E-state index in [2.05, 4.69) is 62.0 Å². The largest absolute Gasteiger partial charge is 0.370 e. The molecular weight excluding hydrogens is 318 g/mol. The summed E-state index contributed by atoms with van der Waals surface area (Å²) in [7, 11) is 4.08. The van der Waals surface area contributed by atoms with Gasteiger partial charge in [-0.3, -0.25) is 0 Å². The predicted molar refractivity (Wildman–Crippen MR) is 106 cm³/mol. The highest BCUT2D eigenvalue weighted by Crippen LogP contribution is 2.33. The Morgan fingerprint density at radius 2 is 1.75 bits per heavy atom. The first-order chi connectivity index (χ1) is 11.4. The van der Waals surface area contributed by atoms with E-state index >= 15 is 0 Å². The van der Waals surface area contributed by atoms with Crippen molar-refractivity contribution in [3.63, 3.8) is 0 Å². The maximum atomic E-state index is 6.44. The first-order valence-corrected chi connectivity index (χ1v) is 8.59. The summed E-state index contributed by atoms with van der Waals surface area (Å²) in [6.07, 6.45) is 1.82. The lowest BCUT2D eigenvalue weighted by Crippen LogP contribution is -2.17. The van der Waals surface area contributed by atoms with Gasteiger partial charge >= 0.3 is 0 Å². The van der Waals surface area contributed by atoms with Gasteiger partial charge in [0.05, 0.1) is 17.0 Å². The highest BCUT2D eigenvalue weighted by Gasteiger charge is 2.10. The van der Waals surface area contributed by atoms with Crippen LogP contribution in [0.3, 0.4) is 0 Å². The molecule has 2 aromatic rings. The summed E-state index contributed by atoms with van der Waals surface area (Å²) in [6.45, 7) is 8.05. The fraction of sp³-hybridized carbons (Fsp3) is 0.350. The van der Waals surface area contributed by atoms with E-state index in [1.807, 2.05) is 30.4 Å². The van der Waals surface area contributed by atoms with Crippen LogP contribution in [0.4, 0.5) is 11.4 Å². The fourth-order valence-corrected chi connectivity index (χ4v) is 2.67. The van der Waals surface area contributed by atoms with Gasteiger partial charge in [0.2, 0.25) is 0 Å². The van der Waals surface area contributed by atoms with Gasteiger partial charge in [0.1, 0.15) is 0 Å². The molecule has 24 heavy (non-hydrogen) atoms. The molecule has 0 unspecified atom stereocenters. The summed E-state index contributed by atoms with van der Waals surface area (Å²) in [6, 6.07) is 12.7. The van der Waals surface area contributed by atoms with Gasteiger partial charge in [-0.05, 0) is 44.0 Å². The maximum absolute atomic E-state index is 6.44. The molecule has 0 saturated carbocycles. The number of hydrogen-bond acceptors (Lipinski definition) is 2. The number of halogens is 1. The average Bonchev–Trinajstić information content (AvgIpc) is 2.56. The normalized spacial score (nSPS) is 11.1. The summed E-state index contributed by atoms with van der Waals surface area (Å²) in [5.41, 5.74) is 5.66. The van der Waals surface area contributed by atoms with Crippen LogP contribution in [-0.2, 0) is 6.54 Å². The molecule has 0 aliphatic heterocycles. The van der Waals surface area contributed by atoms with Crippen molar-refractivity contribution in [2.75, 3.05) is 25.5 Å². The smallest absolute Gasteiger partial charge is 0.0910 e. The molecule has 0 aliphatic carbocycles. The van der Waals surface area contributed by atoms with E-state index in [0.29, 0.717) is 5.02 Å². The first-order valence-electron chi connectivity index (χ1n) is 8.22. The van der Waals surface area contributed by atoms with Gasteiger partial charge in [0, 0.05) is 32.9 Å². The Morgan fingerprint density at radius 1 is 1.08 bits per heavy atom. The molecule has 0 atom stereocenters. The van der Waals surface area contributed by atoms with Crippen molar-refractivity contribution in [1.29, 1.82) is 0 Å². The van der Waals surface area contributed by atoms with Crippen LogP contribution in [0, 0.1) is 13.8 Å². The van der Waals surface area contributed by atoms with E-state index in [1.54, 1.807) is 0 Å². The SMILES string of the molecule is CCN(C)C=Nc1cc(C)c(N(C)Cc2ccc(C)cc2)cc1Cl. The Labute approximate surface area is 150 Å². The molecular formula is C20H26ClN3. The van der Waals surface area contributed by atoms with E-state index in [1.165, 1.54) is 16.7 Å². The van der Waals surface area contributed by atoms with Crippen molar-refractivity contribution in [2.24, 2.45) is 4.99 Å². The van der Waals surface area contributed by atoms with Crippen LogP contribution < -0.4 is 4.90 Å². The van der Waals surface area contributed by atoms with E-state index in [4.69, 9.17) is 11.6 Å². The third-order valence-electron chi connectivity index (χ3n) is 4.11. The quantitative estimate of drug-likeness (QED) is 0.530. The van der Waals surface area contributed by atoms with Gasteiger partial charge in [-0.25, -0.2) is 4.99 Å². The van der Waals surface area contributed by atoms with Gasteiger partial charge in [-0.15, -0.1) is 0 Å². The van der Waals surface area contributed by atoms with Gasteiger partial charge in [0.25, 0.3) is 0 Å². The molecule has 0 amide bonds. The molecule has 0 radical (unpaired) electrons. The number of hydrogen-bond donors (Lipinski definition) is 0. The van der Waals surface area contributed by atoms with Crippen LogP contribution >= 0.6 is 11.6 Å². The highest BCUT2D eigenvalue weighted by atomic mass is 35.5. The van der Waals surface area contributed by atoms with Gasteiger partial charge in [-0.2, -0.15) is 0 Å². The highest BCUT2D eigenvalue weighted by molar-refractivity contribution is 6.33.